The molecule has 2 rings (SSSR count). The molecule has 0 aliphatic heterocycles. The highest BCUT2D eigenvalue weighted by atomic mass is 19.4. The van der Waals surface area contributed by atoms with Crippen molar-refractivity contribution < 1.29 is 48.7 Å². The smallest absolute Gasteiger partial charge is 0.327 e. The lowest BCUT2D eigenvalue weighted by molar-refractivity contribution is -0.148. The molecule has 176 valence electrons. The van der Waals surface area contributed by atoms with Crippen LogP contribution in [0.2, 0.25) is 0 Å². The maximum absolute atomic E-state index is 14.0. The van der Waals surface area contributed by atoms with Gasteiger partial charge in [-0.2, -0.15) is 39.5 Å². The highest BCUT2D eigenvalue weighted by Crippen LogP contribution is 2.37. The number of pyridine rings is 1. The van der Waals surface area contributed by atoms with Crippen LogP contribution in [0.1, 0.15) is 35.3 Å². The summed E-state index contributed by atoms with van der Waals surface area (Å²) in [5.41, 5.74) is -4.75. The van der Waals surface area contributed by atoms with Crippen LogP contribution in [-0.4, -0.2) is 23.2 Å². The number of benzene rings is 1. The fourth-order valence-corrected chi connectivity index (χ4v) is 2.59. The zero-order valence-electron chi connectivity index (χ0n) is 15.8. The number of nitrogens with one attached hydrogen (secondary N) is 2. The van der Waals surface area contributed by atoms with Gasteiger partial charge in [-0.25, -0.2) is 9.18 Å². The van der Waals surface area contributed by atoms with Crippen molar-refractivity contribution in [2.24, 2.45) is 0 Å². The van der Waals surface area contributed by atoms with E-state index in [4.69, 9.17) is 0 Å². The average molecular weight is 477 g/mol. The Balaban J connectivity index is 2.55. The molecular formula is C18H13F10N3O. The number of hydrogen-bond acceptors (Lipinski definition) is 2. The van der Waals surface area contributed by atoms with E-state index in [1.54, 1.807) is 5.32 Å². The van der Waals surface area contributed by atoms with Crippen molar-refractivity contribution in [2.75, 3.05) is 0 Å². The standard InChI is InChI=1S/C18H13F10N3O/c1-8(16(20,21)22)30-15(32)31-13(14-11(18(26,27)28)3-2-6-29-14)9-4-5-10(12(19)7-9)17(23,24)25/h2-8,13H,1H3,(H2,30,31,32)/t8?,13-/m0/s1. The Morgan fingerprint density at radius 1 is 0.906 bits per heavy atom. The minimum atomic E-state index is -5.12. The number of halogens is 10. The number of hydrogen-bond donors (Lipinski definition) is 2. The van der Waals surface area contributed by atoms with E-state index in [1.807, 2.05) is 0 Å². The van der Waals surface area contributed by atoms with Crippen LogP contribution >= 0.6 is 0 Å². The first-order valence-corrected chi connectivity index (χ1v) is 8.54. The molecule has 2 N–H and O–H groups in total. The van der Waals surface area contributed by atoms with Crippen molar-refractivity contribution in [3.63, 3.8) is 0 Å². The van der Waals surface area contributed by atoms with Crippen LogP contribution in [0.5, 0.6) is 0 Å². The van der Waals surface area contributed by atoms with E-state index in [2.05, 4.69) is 4.98 Å². The first-order valence-electron chi connectivity index (χ1n) is 8.54. The minimum Gasteiger partial charge on any atom is -0.327 e. The van der Waals surface area contributed by atoms with E-state index in [9.17, 15) is 48.7 Å². The Morgan fingerprint density at radius 3 is 2.00 bits per heavy atom. The molecule has 2 amide bonds. The van der Waals surface area contributed by atoms with Gasteiger partial charge in [-0.1, -0.05) is 6.07 Å². The lowest BCUT2D eigenvalue weighted by atomic mass is 9.97. The molecule has 14 heteroatoms. The molecular weight excluding hydrogens is 464 g/mol. The molecule has 0 saturated carbocycles. The average Bonchev–Trinajstić information content (AvgIpc) is 2.63. The first-order chi connectivity index (χ1) is 14.5. The summed E-state index contributed by atoms with van der Waals surface area (Å²) in [6, 6.07) is -3.63. The number of aromatic nitrogens is 1. The molecule has 1 unspecified atom stereocenters. The molecule has 32 heavy (non-hydrogen) atoms. The fraction of sp³-hybridized carbons (Fsp3) is 0.333. The van der Waals surface area contributed by atoms with Crippen molar-refractivity contribution in [3.8, 4) is 0 Å². The Hall–Kier alpha value is -3.06. The monoisotopic (exact) mass is 477 g/mol. The van der Waals surface area contributed by atoms with Gasteiger partial charge in [0.1, 0.15) is 11.9 Å². The lowest BCUT2D eigenvalue weighted by Gasteiger charge is -2.24. The molecule has 0 radical (unpaired) electrons. The largest absolute Gasteiger partial charge is 0.419 e. The van der Waals surface area contributed by atoms with Crippen molar-refractivity contribution >= 4 is 6.03 Å². The summed E-state index contributed by atoms with van der Waals surface area (Å²) in [6.07, 6.45) is -14.2. The van der Waals surface area contributed by atoms with Crippen molar-refractivity contribution in [1.82, 2.24) is 15.6 Å². The van der Waals surface area contributed by atoms with Gasteiger partial charge < -0.3 is 10.6 Å². The van der Waals surface area contributed by atoms with Crippen LogP contribution in [0, 0.1) is 5.82 Å². The van der Waals surface area contributed by atoms with Gasteiger partial charge in [0, 0.05) is 6.20 Å². The number of carbonyl (C=O) groups excluding carboxylic acids is 1. The summed E-state index contributed by atoms with van der Waals surface area (Å²) in [5.74, 6) is -1.87. The molecule has 0 aliphatic rings. The predicted molar refractivity (Wildman–Crippen MR) is 89.7 cm³/mol. The number of nitrogens with zero attached hydrogens (tertiary/aromatic N) is 1. The van der Waals surface area contributed by atoms with Gasteiger partial charge in [-0.3, -0.25) is 4.98 Å². The SMILES string of the molecule is CC(NC(=O)N[C@@H](c1ccc(C(F)(F)F)c(F)c1)c1ncccc1C(F)(F)F)C(F)(F)F. The number of rotatable bonds is 4. The molecule has 0 bridgehead atoms. The van der Waals surface area contributed by atoms with Crippen LogP contribution < -0.4 is 10.6 Å². The highest BCUT2D eigenvalue weighted by Gasteiger charge is 2.40. The van der Waals surface area contributed by atoms with Crippen molar-refractivity contribution in [1.29, 1.82) is 0 Å². The highest BCUT2D eigenvalue weighted by molar-refractivity contribution is 5.75. The number of urea groups is 1. The van der Waals surface area contributed by atoms with Crippen LogP contribution in [0.15, 0.2) is 36.5 Å². The van der Waals surface area contributed by atoms with Gasteiger partial charge >= 0.3 is 24.6 Å². The van der Waals surface area contributed by atoms with Crippen LogP contribution in [-0.2, 0) is 12.4 Å². The normalized spacial score (nSPS) is 14.6. The summed E-state index contributed by atoms with van der Waals surface area (Å²) < 4.78 is 131. The maximum atomic E-state index is 14.0. The molecule has 0 aliphatic carbocycles. The zero-order valence-corrected chi connectivity index (χ0v) is 15.8. The number of carbonyl (C=O) groups is 1. The molecule has 2 aromatic rings. The third-order valence-electron chi connectivity index (χ3n) is 4.16. The second-order valence-corrected chi connectivity index (χ2v) is 6.49. The second kappa shape index (κ2) is 8.82. The summed E-state index contributed by atoms with van der Waals surface area (Å²) in [6.45, 7) is 0.550. The van der Waals surface area contributed by atoms with Gasteiger partial charge in [-0.05, 0) is 36.8 Å². The fourth-order valence-electron chi connectivity index (χ4n) is 2.59. The maximum Gasteiger partial charge on any atom is 0.419 e. The van der Waals surface area contributed by atoms with Crippen LogP contribution in [0.25, 0.3) is 0 Å². The Morgan fingerprint density at radius 2 is 1.50 bits per heavy atom. The molecule has 2 atom stereocenters. The topological polar surface area (TPSA) is 54.0 Å². The lowest BCUT2D eigenvalue weighted by Crippen LogP contribution is -2.48. The molecule has 0 saturated heterocycles. The van der Waals surface area contributed by atoms with E-state index >= 15 is 0 Å². The third kappa shape index (κ3) is 6.01. The second-order valence-electron chi connectivity index (χ2n) is 6.49. The van der Waals surface area contributed by atoms with Crippen LogP contribution in [0.4, 0.5) is 48.7 Å². The number of alkyl halides is 9. The van der Waals surface area contributed by atoms with Crippen LogP contribution in [0.3, 0.4) is 0 Å². The predicted octanol–water partition coefficient (Wildman–Crippen LogP) is 5.60. The van der Waals surface area contributed by atoms with Gasteiger partial charge in [-0.15, -0.1) is 0 Å². The van der Waals surface area contributed by atoms with E-state index in [0.29, 0.717) is 19.1 Å². The Bertz CT molecular complexity index is 969. The molecule has 0 fully saturated rings. The minimum absolute atomic E-state index is 0.218. The molecule has 4 nitrogen and oxygen atoms in total. The summed E-state index contributed by atoms with van der Waals surface area (Å²) >= 11 is 0. The van der Waals surface area contributed by atoms with Gasteiger partial charge in [0.2, 0.25) is 0 Å². The Kier molecular flexibility index (Phi) is 6.95. The van der Waals surface area contributed by atoms with Crippen molar-refractivity contribution in [2.45, 2.75) is 37.5 Å². The third-order valence-corrected chi connectivity index (χ3v) is 4.16. The zero-order chi connectivity index (χ0) is 24.5. The Labute approximate surface area is 173 Å². The molecule has 1 aromatic carbocycles. The first kappa shape index (κ1) is 25.2. The van der Waals surface area contributed by atoms with Gasteiger partial charge in [0.05, 0.1) is 22.9 Å². The quantitative estimate of drug-likeness (QED) is 0.564. The van der Waals surface area contributed by atoms with Gasteiger partial charge in [0.15, 0.2) is 0 Å². The molecule has 1 heterocycles. The summed E-state index contributed by atoms with van der Waals surface area (Å²) in [5, 5.41) is 3.23. The van der Waals surface area contributed by atoms with E-state index < -0.39 is 64.8 Å². The van der Waals surface area contributed by atoms with E-state index in [1.165, 1.54) is 5.32 Å². The molecule has 1 aromatic heterocycles. The molecule has 0 spiro atoms. The summed E-state index contributed by atoms with van der Waals surface area (Å²) in [7, 11) is 0. The summed E-state index contributed by atoms with van der Waals surface area (Å²) in [4.78, 5) is 15.5. The van der Waals surface area contributed by atoms with Gasteiger partial charge in [0.25, 0.3) is 0 Å². The van der Waals surface area contributed by atoms with E-state index in [-0.39, 0.29) is 12.1 Å². The van der Waals surface area contributed by atoms with E-state index in [0.717, 1.165) is 12.3 Å². The van der Waals surface area contributed by atoms with Crippen molar-refractivity contribution in [3.05, 3.63) is 64.7 Å². The number of amides is 2.